The highest BCUT2D eigenvalue weighted by Gasteiger charge is 2.13. The fourth-order valence-electron chi connectivity index (χ4n) is 2.88. The normalized spacial score (nSPS) is 10.8. The van der Waals surface area contributed by atoms with Crippen LogP contribution in [0.1, 0.15) is 15.9 Å². The smallest absolute Gasteiger partial charge is 0.343 e. The molecule has 0 spiro atoms. The fourth-order valence-corrected chi connectivity index (χ4v) is 2.88. The average Bonchev–Trinajstić information content (AvgIpc) is 2.90. The van der Waals surface area contributed by atoms with E-state index in [1.54, 1.807) is 33.4 Å². The zero-order valence-electron chi connectivity index (χ0n) is 15.5. The third kappa shape index (κ3) is 3.76. The third-order valence-electron chi connectivity index (χ3n) is 4.42. The van der Waals surface area contributed by atoms with Gasteiger partial charge in [-0.1, -0.05) is 6.07 Å². The number of aryl methyl sites for hydroxylation is 2. The van der Waals surface area contributed by atoms with E-state index in [0.29, 0.717) is 11.3 Å². The van der Waals surface area contributed by atoms with E-state index in [1.807, 2.05) is 32.2 Å². The van der Waals surface area contributed by atoms with Crippen LogP contribution < -0.4 is 10.4 Å². The molecule has 3 rings (SSSR count). The number of nitrogens with zero attached hydrogens (tertiary/aromatic N) is 2. The van der Waals surface area contributed by atoms with Gasteiger partial charge in [-0.25, -0.2) is 4.79 Å². The number of ketones is 1. The first-order valence-corrected chi connectivity index (χ1v) is 8.44. The topological polar surface area (TPSA) is 86.3 Å². The minimum Gasteiger partial charge on any atom is -0.482 e. The molecule has 1 aromatic heterocycles. The highest BCUT2D eigenvalue weighted by Crippen LogP contribution is 2.17. The number of nitrogens with one attached hydrogen (secondary N) is 1. The molecule has 7 heteroatoms. The molecule has 0 aliphatic carbocycles. The molecule has 0 atom stereocenters. The second-order valence-electron chi connectivity index (χ2n) is 6.27. The number of carbonyl (C=O) groups excluding carboxylic acids is 2. The van der Waals surface area contributed by atoms with E-state index in [1.165, 1.54) is 7.11 Å². The Labute approximate surface area is 156 Å². The first-order chi connectivity index (χ1) is 12.9. The molecule has 0 saturated carbocycles. The Bertz CT molecular complexity index is 1060. The second kappa shape index (κ2) is 7.49. The van der Waals surface area contributed by atoms with Gasteiger partial charge < -0.3 is 18.6 Å². The van der Waals surface area contributed by atoms with Crippen molar-refractivity contribution in [2.24, 2.45) is 7.05 Å². The summed E-state index contributed by atoms with van der Waals surface area (Å²) in [5.41, 5.74) is 3.61. The Kier molecular flexibility index (Phi) is 5.12. The van der Waals surface area contributed by atoms with Crippen LogP contribution in [0.15, 0.2) is 42.5 Å². The summed E-state index contributed by atoms with van der Waals surface area (Å²) >= 11 is 0. The third-order valence-corrected chi connectivity index (χ3v) is 4.42. The van der Waals surface area contributed by atoms with Crippen molar-refractivity contribution in [3.63, 3.8) is 0 Å². The summed E-state index contributed by atoms with van der Waals surface area (Å²) in [4.78, 5) is 23.8. The zero-order chi connectivity index (χ0) is 19.6. The Balaban J connectivity index is 1.81. The van der Waals surface area contributed by atoms with Crippen LogP contribution in [0.3, 0.4) is 0 Å². The van der Waals surface area contributed by atoms with E-state index >= 15 is 0 Å². The van der Waals surface area contributed by atoms with Gasteiger partial charge in [0.1, 0.15) is 5.75 Å². The Morgan fingerprint density at radius 3 is 2.44 bits per heavy atom. The predicted molar refractivity (Wildman–Crippen MR) is 99.8 cm³/mol. The lowest BCUT2D eigenvalue weighted by molar-refractivity contribution is -0.142. The van der Waals surface area contributed by atoms with Gasteiger partial charge in [0.25, 0.3) is 0 Å². The number of methoxy groups -OCH3 is 1. The van der Waals surface area contributed by atoms with Crippen molar-refractivity contribution in [1.29, 1.82) is 5.41 Å². The average molecular weight is 367 g/mol. The molecule has 27 heavy (non-hydrogen) atoms. The van der Waals surface area contributed by atoms with E-state index in [9.17, 15) is 9.59 Å². The first-order valence-electron chi connectivity index (χ1n) is 8.44. The molecule has 0 radical (unpaired) electrons. The van der Waals surface area contributed by atoms with Crippen LogP contribution >= 0.6 is 0 Å². The number of rotatable bonds is 6. The van der Waals surface area contributed by atoms with Gasteiger partial charge in [-0.2, -0.15) is 0 Å². The van der Waals surface area contributed by atoms with Gasteiger partial charge in [-0.15, -0.1) is 0 Å². The quantitative estimate of drug-likeness (QED) is 0.535. The van der Waals surface area contributed by atoms with Crippen LogP contribution in [0.5, 0.6) is 5.75 Å². The van der Waals surface area contributed by atoms with Gasteiger partial charge in [0.15, 0.2) is 12.4 Å². The summed E-state index contributed by atoms with van der Waals surface area (Å²) in [5.74, 6) is -0.102. The summed E-state index contributed by atoms with van der Waals surface area (Å²) in [5, 5.41) is 8.31. The van der Waals surface area contributed by atoms with Crippen LogP contribution in [-0.4, -0.2) is 34.6 Å². The second-order valence-corrected chi connectivity index (χ2v) is 6.27. The molecular weight excluding hydrogens is 346 g/mol. The lowest BCUT2D eigenvalue weighted by atomic mass is 10.1. The summed E-state index contributed by atoms with van der Waals surface area (Å²) < 4.78 is 13.3. The number of fused-ring (bicyclic) bond motifs is 1. The highest BCUT2D eigenvalue weighted by atomic mass is 16.6. The Morgan fingerprint density at radius 1 is 1.07 bits per heavy atom. The molecule has 0 aliphatic heterocycles. The molecule has 1 N–H and O–H groups in total. The van der Waals surface area contributed by atoms with E-state index in [4.69, 9.17) is 10.1 Å². The van der Waals surface area contributed by atoms with Gasteiger partial charge in [0.2, 0.25) is 5.62 Å². The van der Waals surface area contributed by atoms with Gasteiger partial charge in [-0.05, 0) is 48.9 Å². The molecule has 0 bridgehead atoms. The number of hydrogen-bond acceptors (Lipinski definition) is 5. The van der Waals surface area contributed by atoms with Gasteiger partial charge in [0, 0.05) is 12.6 Å². The van der Waals surface area contributed by atoms with Gasteiger partial charge >= 0.3 is 5.97 Å². The summed E-state index contributed by atoms with van der Waals surface area (Å²) in [7, 11) is 3.11. The number of benzene rings is 2. The van der Waals surface area contributed by atoms with Crippen molar-refractivity contribution in [3.05, 3.63) is 59.2 Å². The van der Waals surface area contributed by atoms with Crippen molar-refractivity contribution < 1.29 is 19.1 Å². The zero-order valence-corrected chi connectivity index (χ0v) is 15.5. The van der Waals surface area contributed by atoms with Crippen LogP contribution in [-0.2, 0) is 23.1 Å². The fraction of sp³-hybridized carbons (Fsp3) is 0.250. The molecule has 0 aliphatic rings. The number of Topliss-reactive ketones (excluding diaryl/α,β-unsaturated/α-hetero) is 1. The molecule has 7 nitrogen and oxygen atoms in total. The van der Waals surface area contributed by atoms with E-state index in [0.717, 1.165) is 16.6 Å². The Hall–Kier alpha value is -3.35. The van der Waals surface area contributed by atoms with Crippen LogP contribution in [0.25, 0.3) is 11.0 Å². The molecule has 1 heterocycles. The number of carbonyl (C=O) groups is 2. The standard InChI is InChI=1S/C20H21N3O4/c1-13-4-9-16-17(10-13)23(20(21)22(16)2)11-18(24)14-5-7-15(8-6-14)27-12-19(25)26-3/h4-10,21H,11-12H2,1-3H3. The van der Waals surface area contributed by atoms with E-state index in [2.05, 4.69) is 4.74 Å². The predicted octanol–water partition coefficient (Wildman–Crippen LogP) is 2.20. The number of imidazole rings is 1. The largest absolute Gasteiger partial charge is 0.482 e. The number of aromatic nitrogens is 2. The van der Waals surface area contributed by atoms with Gasteiger partial charge in [0.05, 0.1) is 24.7 Å². The molecule has 140 valence electrons. The maximum atomic E-state index is 12.7. The van der Waals surface area contributed by atoms with Crippen molar-refractivity contribution in [3.8, 4) is 5.75 Å². The number of ether oxygens (including phenoxy) is 2. The Morgan fingerprint density at radius 2 is 1.78 bits per heavy atom. The maximum absolute atomic E-state index is 12.7. The molecular formula is C20H21N3O4. The van der Waals surface area contributed by atoms with Crippen molar-refractivity contribution in [2.45, 2.75) is 13.5 Å². The SMILES string of the molecule is COC(=O)COc1ccc(C(=O)Cn2c(=N)n(C)c3ccc(C)cc32)cc1. The molecule has 0 unspecified atom stereocenters. The summed E-state index contributed by atoms with van der Waals surface area (Å²) in [6.07, 6.45) is 0. The van der Waals surface area contributed by atoms with E-state index in [-0.39, 0.29) is 24.6 Å². The minimum atomic E-state index is -0.472. The van der Waals surface area contributed by atoms with E-state index < -0.39 is 5.97 Å². The maximum Gasteiger partial charge on any atom is 0.343 e. The minimum absolute atomic E-state index is 0.0714. The molecule has 0 amide bonds. The monoisotopic (exact) mass is 367 g/mol. The molecule has 3 aromatic rings. The van der Waals surface area contributed by atoms with Crippen molar-refractivity contribution >= 4 is 22.8 Å². The number of hydrogen-bond donors (Lipinski definition) is 1. The summed E-state index contributed by atoms with van der Waals surface area (Å²) in [6, 6.07) is 12.5. The molecule has 0 saturated heterocycles. The first kappa shape index (κ1) is 18.4. The number of esters is 1. The van der Waals surface area contributed by atoms with Gasteiger partial charge in [-0.3, -0.25) is 10.2 Å². The summed E-state index contributed by atoms with van der Waals surface area (Å²) in [6.45, 7) is 1.87. The molecule has 0 fully saturated rings. The van der Waals surface area contributed by atoms with Crippen LogP contribution in [0.4, 0.5) is 0 Å². The van der Waals surface area contributed by atoms with Crippen molar-refractivity contribution in [1.82, 2.24) is 9.13 Å². The lowest BCUT2D eigenvalue weighted by Crippen LogP contribution is -2.25. The van der Waals surface area contributed by atoms with Crippen LogP contribution in [0.2, 0.25) is 0 Å². The highest BCUT2D eigenvalue weighted by molar-refractivity contribution is 5.96. The van der Waals surface area contributed by atoms with Crippen LogP contribution in [0, 0.1) is 12.3 Å². The van der Waals surface area contributed by atoms with Crippen molar-refractivity contribution in [2.75, 3.05) is 13.7 Å². The molecule has 2 aromatic carbocycles. The lowest BCUT2D eigenvalue weighted by Gasteiger charge is -2.07.